The molecule has 2 aromatic carbocycles. The number of hydrogen-bond acceptors (Lipinski definition) is 5. The van der Waals surface area contributed by atoms with Crippen LogP contribution in [-0.2, 0) is 26.0 Å². The summed E-state index contributed by atoms with van der Waals surface area (Å²) in [4.78, 5) is 28.1. The monoisotopic (exact) mass is 527 g/mol. The smallest absolute Gasteiger partial charge is 0.327 e. The van der Waals surface area contributed by atoms with Gasteiger partial charge >= 0.3 is 12.0 Å². The van der Waals surface area contributed by atoms with Crippen molar-refractivity contribution >= 4 is 56.6 Å². The van der Waals surface area contributed by atoms with E-state index in [1.54, 1.807) is 58.0 Å². The van der Waals surface area contributed by atoms with Crippen LogP contribution in [0.5, 0.6) is 0 Å². The molecule has 3 rings (SSSR count). The Morgan fingerprint density at radius 1 is 1.06 bits per heavy atom. The molecule has 1 heterocycles. The molecule has 0 atom stereocenters. The van der Waals surface area contributed by atoms with Crippen molar-refractivity contribution < 1.29 is 22.7 Å². The highest BCUT2D eigenvalue weighted by molar-refractivity contribution is 7.92. The Morgan fingerprint density at radius 3 is 2.24 bits per heavy atom. The predicted octanol–water partition coefficient (Wildman–Crippen LogP) is 4.57. The molecule has 0 bridgehead atoms. The third-order valence-corrected chi connectivity index (χ3v) is 7.16. The molecule has 0 spiro atoms. The van der Waals surface area contributed by atoms with Gasteiger partial charge in [-0.05, 0) is 69.2 Å². The van der Waals surface area contributed by atoms with Crippen molar-refractivity contribution in [3.8, 4) is 0 Å². The van der Waals surface area contributed by atoms with Crippen molar-refractivity contribution in [3.63, 3.8) is 0 Å². The fraction of sp³-hybridized carbons (Fsp3) is 0.391. The number of amides is 2. The van der Waals surface area contributed by atoms with E-state index in [2.05, 4.69) is 0 Å². The zero-order valence-corrected chi connectivity index (χ0v) is 22.0. The second kappa shape index (κ2) is 9.64. The lowest BCUT2D eigenvalue weighted by atomic mass is 10.1. The van der Waals surface area contributed by atoms with E-state index in [0.29, 0.717) is 18.7 Å². The standard InChI is InChI=1S/C23H27Cl2N3O5S/c1-23(2,3)33-21(29)14-28(34(31,32)19-12-16(24)11-17(25)13-19)18-6-7-20-15(10-18)8-9-27(20)22(30)26(4)5/h6-7,10-13H,8-9,14H2,1-5H3. The van der Waals surface area contributed by atoms with Gasteiger partial charge in [0.25, 0.3) is 10.0 Å². The van der Waals surface area contributed by atoms with Crippen LogP contribution >= 0.6 is 23.2 Å². The van der Waals surface area contributed by atoms with E-state index in [0.717, 1.165) is 9.87 Å². The predicted molar refractivity (Wildman–Crippen MR) is 133 cm³/mol. The maximum atomic E-state index is 13.6. The van der Waals surface area contributed by atoms with E-state index >= 15 is 0 Å². The van der Waals surface area contributed by atoms with Gasteiger partial charge in [-0.15, -0.1) is 0 Å². The minimum atomic E-state index is -4.24. The van der Waals surface area contributed by atoms with Gasteiger partial charge < -0.3 is 9.64 Å². The zero-order chi connectivity index (χ0) is 25.4. The summed E-state index contributed by atoms with van der Waals surface area (Å²) in [6.45, 7) is 5.02. The Bertz CT molecular complexity index is 1210. The third kappa shape index (κ3) is 5.76. The SMILES string of the molecule is CN(C)C(=O)N1CCc2cc(N(CC(=O)OC(C)(C)C)S(=O)(=O)c3cc(Cl)cc(Cl)c3)ccc21. The van der Waals surface area contributed by atoms with Gasteiger partial charge in [0, 0.05) is 36.4 Å². The molecule has 2 amide bonds. The molecule has 1 aliphatic rings. The molecule has 0 radical (unpaired) electrons. The first-order chi connectivity index (χ1) is 15.7. The maximum absolute atomic E-state index is 13.6. The molecule has 8 nitrogen and oxygen atoms in total. The lowest BCUT2D eigenvalue weighted by Gasteiger charge is -2.27. The summed E-state index contributed by atoms with van der Waals surface area (Å²) in [7, 11) is -0.902. The number of anilines is 2. The van der Waals surface area contributed by atoms with E-state index in [9.17, 15) is 18.0 Å². The van der Waals surface area contributed by atoms with Crippen molar-refractivity contribution in [2.75, 3.05) is 36.4 Å². The molecule has 0 fully saturated rings. The summed E-state index contributed by atoms with van der Waals surface area (Å²) in [5.74, 6) is -0.714. The van der Waals surface area contributed by atoms with Gasteiger partial charge in [-0.1, -0.05) is 23.2 Å². The first-order valence-electron chi connectivity index (χ1n) is 10.5. The minimum absolute atomic E-state index is 0.148. The highest BCUT2D eigenvalue weighted by atomic mass is 35.5. The van der Waals surface area contributed by atoms with E-state index < -0.39 is 28.1 Å². The van der Waals surface area contributed by atoms with Gasteiger partial charge in [0.15, 0.2) is 0 Å². The lowest BCUT2D eigenvalue weighted by Crippen LogP contribution is -2.39. The van der Waals surface area contributed by atoms with Crippen LogP contribution in [0, 0.1) is 0 Å². The summed E-state index contributed by atoms with van der Waals surface area (Å²) in [5, 5.41) is 0.296. The Labute approximate surface area is 210 Å². The lowest BCUT2D eigenvalue weighted by molar-refractivity contribution is -0.152. The van der Waals surface area contributed by atoms with Crippen LogP contribution in [0.4, 0.5) is 16.2 Å². The van der Waals surface area contributed by atoms with Gasteiger partial charge in [-0.2, -0.15) is 0 Å². The maximum Gasteiger partial charge on any atom is 0.327 e. The topological polar surface area (TPSA) is 87.2 Å². The van der Waals surface area contributed by atoms with Crippen molar-refractivity contribution in [2.45, 2.75) is 37.7 Å². The van der Waals surface area contributed by atoms with E-state index in [-0.39, 0.29) is 26.7 Å². The molecule has 0 saturated carbocycles. The van der Waals surface area contributed by atoms with Crippen molar-refractivity contribution in [1.82, 2.24) is 4.90 Å². The molecular weight excluding hydrogens is 501 g/mol. The largest absolute Gasteiger partial charge is 0.459 e. The van der Waals surface area contributed by atoms with E-state index in [1.165, 1.54) is 23.1 Å². The molecule has 34 heavy (non-hydrogen) atoms. The molecule has 0 saturated heterocycles. The number of nitrogens with zero attached hydrogens (tertiary/aromatic N) is 3. The number of ether oxygens (including phenoxy) is 1. The van der Waals surface area contributed by atoms with Crippen LogP contribution in [0.25, 0.3) is 0 Å². The van der Waals surface area contributed by atoms with Gasteiger partial charge in [-0.3, -0.25) is 14.0 Å². The van der Waals surface area contributed by atoms with Crippen LogP contribution in [0.3, 0.4) is 0 Å². The number of sulfonamides is 1. The highest BCUT2D eigenvalue weighted by Gasteiger charge is 2.32. The number of hydrogen-bond donors (Lipinski definition) is 0. The van der Waals surface area contributed by atoms with Crippen molar-refractivity contribution in [1.29, 1.82) is 0 Å². The van der Waals surface area contributed by atoms with Gasteiger partial charge in [-0.25, -0.2) is 13.2 Å². The molecule has 0 aliphatic carbocycles. The summed E-state index contributed by atoms with van der Waals surface area (Å²) in [6, 6.07) is 8.72. The number of fused-ring (bicyclic) bond motifs is 1. The summed E-state index contributed by atoms with van der Waals surface area (Å²) >= 11 is 12.1. The van der Waals surface area contributed by atoms with Crippen LogP contribution in [0.15, 0.2) is 41.3 Å². The summed E-state index contributed by atoms with van der Waals surface area (Å²) < 4.78 is 33.6. The van der Waals surface area contributed by atoms with Gasteiger partial charge in [0.2, 0.25) is 0 Å². The molecule has 1 aliphatic heterocycles. The van der Waals surface area contributed by atoms with Crippen LogP contribution in [0.1, 0.15) is 26.3 Å². The number of halogens is 2. The number of carbonyl (C=O) groups excluding carboxylic acids is 2. The van der Waals surface area contributed by atoms with E-state index in [1.807, 2.05) is 0 Å². The summed E-state index contributed by atoms with van der Waals surface area (Å²) in [6.07, 6.45) is 0.548. The quantitative estimate of drug-likeness (QED) is 0.531. The number of benzene rings is 2. The Balaban J connectivity index is 2.06. The number of carbonyl (C=O) groups is 2. The number of esters is 1. The first kappa shape index (κ1) is 26.1. The average Bonchev–Trinajstić information content (AvgIpc) is 3.12. The fourth-order valence-electron chi connectivity index (χ4n) is 3.59. The highest BCUT2D eigenvalue weighted by Crippen LogP contribution is 2.35. The number of rotatable bonds is 5. The molecule has 0 aromatic heterocycles. The van der Waals surface area contributed by atoms with Crippen molar-refractivity contribution in [3.05, 3.63) is 52.0 Å². The van der Waals surface area contributed by atoms with E-state index in [4.69, 9.17) is 27.9 Å². The zero-order valence-electron chi connectivity index (χ0n) is 19.6. The molecule has 2 aromatic rings. The molecule has 0 unspecified atom stereocenters. The number of urea groups is 1. The Morgan fingerprint density at radius 2 is 1.68 bits per heavy atom. The first-order valence-corrected chi connectivity index (χ1v) is 12.7. The second-order valence-electron chi connectivity index (χ2n) is 9.09. The third-order valence-electron chi connectivity index (χ3n) is 4.98. The Kier molecular flexibility index (Phi) is 7.40. The minimum Gasteiger partial charge on any atom is -0.459 e. The average molecular weight is 528 g/mol. The molecule has 0 N–H and O–H groups in total. The second-order valence-corrected chi connectivity index (χ2v) is 11.8. The summed E-state index contributed by atoms with van der Waals surface area (Å²) in [5.41, 5.74) is 0.959. The molecular formula is C23H27Cl2N3O5S. The Hall–Kier alpha value is -2.49. The molecule has 184 valence electrons. The van der Waals surface area contributed by atoms with Crippen LogP contribution in [-0.4, -0.2) is 58.1 Å². The van der Waals surface area contributed by atoms with Gasteiger partial charge in [0.05, 0.1) is 10.6 Å². The van der Waals surface area contributed by atoms with Crippen LogP contribution in [0.2, 0.25) is 10.0 Å². The fourth-order valence-corrected chi connectivity index (χ4v) is 5.72. The van der Waals surface area contributed by atoms with Crippen LogP contribution < -0.4 is 9.21 Å². The molecule has 11 heteroatoms. The van der Waals surface area contributed by atoms with Gasteiger partial charge in [0.1, 0.15) is 12.1 Å². The van der Waals surface area contributed by atoms with Crippen molar-refractivity contribution in [2.24, 2.45) is 0 Å². The normalized spacial score (nSPS) is 13.4.